The molecule has 0 fully saturated rings. The molecule has 2 unspecified atom stereocenters. The molecule has 0 bridgehead atoms. The zero-order valence-electron chi connectivity index (χ0n) is 11.7. The van der Waals surface area contributed by atoms with Gasteiger partial charge in [0.1, 0.15) is 0 Å². The van der Waals surface area contributed by atoms with Crippen LogP contribution in [-0.2, 0) is 20.8 Å². The van der Waals surface area contributed by atoms with Gasteiger partial charge >= 0.3 is 0 Å². The van der Waals surface area contributed by atoms with Crippen molar-refractivity contribution >= 4 is 20.8 Å². The van der Waals surface area contributed by atoms with Crippen molar-refractivity contribution in [2.24, 2.45) is 0 Å². The molecule has 1 aromatic carbocycles. The summed E-state index contributed by atoms with van der Waals surface area (Å²) >= 11 is 0. The number of nitrogens with zero attached hydrogens (tertiary/aromatic N) is 1. The van der Waals surface area contributed by atoms with Gasteiger partial charge in [-0.25, -0.2) is 13.1 Å². The smallest absolute Gasteiger partial charge is 0.241 e. The highest BCUT2D eigenvalue weighted by Gasteiger charge is 2.19. The van der Waals surface area contributed by atoms with Gasteiger partial charge in [0, 0.05) is 28.9 Å². The molecule has 20 heavy (non-hydrogen) atoms. The van der Waals surface area contributed by atoms with Crippen molar-refractivity contribution in [1.29, 1.82) is 5.26 Å². The van der Waals surface area contributed by atoms with E-state index in [2.05, 4.69) is 4.72 Å². The molecule has 0 spiro atoms. The van der Waals surface area contributed by atoms with Crippen LogP contribution in [0, 0.1) is 18.3 Å². The van der Waals surface area contributed by atoms with Crippen LogP contribution in [0.15, 0.2) is 23.1 Å². The van der Waals surface area contributed by atoms with Crippen molar-refractivity contribution in [3.63, 3.8) is 0 Å². The molecule has 0 heterocycles. The number of benzene rings is 1. The van der Waals surface area contributed by atoms with Crippen LogP contribution in [0.1, 0.15) is 24.5 Å². The van der Waals surface area contributed by atoms with Gasteiger partial charge in [-0.15, -0.1) is 0 Å². The Morgan fingerprint density at radius 1 is 1.45 bits per heavy atom. The maximum atomic E-state index is 12.2. The highest BCUT2D eigenvalue weighted by molar-refractivity contribution is 7.89. The summed E-state index contributed by atoms with van der Waals surface area (Å²) < 4.78 is 38.0. The minimum atomic E-state index is -3.62. The summed E-state index contributed by atoms with van der Waals surface area (Å²) in [6, 6.07) is 6.13. The van der Waals surface area contributed by atoms with Crippen molar-refractivity contribution in [2.45, 2.75) is 31.2 Å². The molecule has 7 heteroatoms. The lowest BCUT2D eigenvalue weighted by Crippen LogP contribution is -2.33. The zero-order valence-corrected chi connectivity index (χ0v) is 13.3. The van der Waals surface area contributed by atoms with Crippen LogP contribution in [0.25, 0.3) is 0 Å². The molecule has 2 atom stereocenters. The van der Waals surface area contributed by atoms with Gasteiger partial charge in [-0.1, -0.05) is 0 Å². The Bertz CT molecular complexity index is 648. The van der Waals surface area contributed by atoms with Gasteiger partial charge in [-0.3, -0.25) is 4.21 Å². The Balaban J connectivity index is 2.89. The van der Waals surface area contributed by atoms with Crippen LogP contribution in [-0.4, -0.2) is 30.7 Å². The predicted molar refractivity (Wildman–Crippen MR) is 79.2 cm³/mol. The Labute approximate surface area is 122 Å². The first-order valence-electron chi connectivity index (χ1n) is 6.09. The molecule has 5 nitrogen and oxygen atoms in total. The Morgan fingerprint density at radius 3 is 2.60 bits per heavy atom. The second-order valence-electron chi connectivity index (χ2n) is 4.68. The van der Waals surface area contributed by atoms with Gasteiger partial charge in [0.05, 0.1) is 16.5 Å². The van der Waals surface area contributed by atoms with E-state index >= 15 is 0 Å². The van der Waals surface area contributed by atoms with E-state index in [4.69, 9.17) is 5.26 Å². The summed E-state index contributed by atoms with van der Waals surface area (Å²) in [6.45, 7) is 3.39. The minimum Gasteiger partial charge on any atom is -0.260 e. The third-order valence-corrected chi connectivity index (χ3v) is 5.35. The van der Waals surface area contributed by atoms with Gasteiger partial charge in [0.2, 0.25) is 10.0 Å². The summed E-state index contributed by atoms with van der Waals surface area (Å²) in [6.07, 6.45) is 2.10. The third-order valence-electron chi connectivity index (χ3n) is 2.79. The van der Waals surface area contributed by atoms with Gasteiger partial charge in [-0.2, -0.15) is 5.26 Å². The first-order valence-corrected chi connectivity index (χ1v) is 9.30. The second kappa shape index (κ2) is 6.97. The number of hydrogen-bond donors (Lipinski definition) is 1. The first-order chi connectivity index (χ1) is 9.26. The van der Waals surface area contributed by atoms with E-state index in [9.17, 15) is 12.6 Å². The molecular formula is C13H18N2O3S2. The molecule has 0 aliphatic carbocycles. The summed E-state index contributed by atoms with van der Waals surface area (Å²) in [5.74, 6) is 0.454. The number of nitriles is 1. The topological polar surface area (TPSA) is 87.0 Å². The Hall–Kier alpha value is -1.23. The highest BCUT2D eigenvalue weighted by atomic mass is 32.2. The highest BCUT2D eigenvalue weighted by Crippen LogP contribution is 2.17. The van der Waals surface area contributed by atoms with Gasteiger partial charge in [0.25, 0.3) is 0 Å². The normalized spacial score (nSPS) is 14.5. The van der Waals surface area contributed by atoms with Crippen LogP contribution in [0.5, 0.6) is 0 Å². The van der Waals surface area contributed by atoms with Crippen molar-refractivity contribution in [3.8, 4) is 6.07 Å². The number of sulfonamides is 1. The molecule has 0 aliphatic heterocycles. The Kier molecular flexibility index (Phi) is 5.87. The molecule has 1 rings (SSSR count). The number of nitrogens with one attached hydrogen (secondary N) is 1. The average molecular weight is 314 g/mol. The van der Waals surface area contributed by atoms with Gasteiger partial charge in [-0.05, 0) is 44.0 Å². The first kappa shape index (κ1) is 16.8. The van der Waals surface area contributed by atoms with E-state index in [0.717, 1.165) is 0 Å². The van der Waals surface area contributed by atoms with Crippen molar-refractivity contribution in [3.05, 3.63) is 29.3 Å². The van der Waals surface area contributed by atoms with Crippen LogP contribution >= 0.6 is 0 Å². The van der Waals surface area contributed by atoms with E-state index < -0.39 is 20.8 Å². The van der Waals surface area contributed by atoms with Crippen LogP contribution in [0.2, 0.25) is 0 Å². The summed E-state index contributed by atoms with van der Waals surface area (Å²) in [5.41, 5.74) is 0.957. The Morgan fingerprint density at radius 2 is 2.10 bits per heavy atom. The van der Waals surface area contributed by atoms with Crippen molar-refractivity contribution in [1.82, 2.24) is 4.72 Å². The lowest BCUT2D eigenvalue weighted by molar-refractivity contribution is 0.555. The molecule has 0 saturated carbocycles. The molecular weight excluding hydrogens is 296 g/mol. The van der Waals surface area contributed by atoms with E-state index in [1.165, 1.54) is 12.1 Å². The maximum Gasteiger partial charge on any atom is 0.241 e. The fraction of sp³-hybridized carbons (Fsp3) is 0.462. The fourth-order valence-corrected chi connectivity index (χ4v) is 3.94. The van der Waals surface area contributed by atoms with Crippen LogP contribution in [0.4, 0.5) is 0 Å². The molecule has 0 aliphatic rings. The molecule has 1 aromatic rings. The van der Waals surface area contributed by atoms with Gasteiger partial charge in [0.15, 0.2) is 0 Å². The van der Waals surface area contributed by atoms with E-state index in [1.54, 1.807) is 26.2 Å². The lowest BCUT2D eigenvalue weighted by Gasteiger charge is -2.15. The molecule has 0 aromatic heterocycles. The van der Waals surface area contributed by atoms with E-state index in [1.807, 2.05) is 6.07 Å². The molecule has 1 N–H and O–H groups in total. The van der Waals surface area contributed by atoms with E-state index in [0.29, 0.717) is 23.3 Å². The summed E-state index contributed by atoms with van der Waals surface area (Å²) in [7, 11) is -4.56. The van der Waals surface area contributed by atoms with Crippen molar-refractivity contribution in [2.75, 3.05) is 12.0 Å². The number of rotatable bonds is 6. The lowest BCUT2D eigenvalue weighted by atomic mass is 10.2. The number of hydrogen-bond acceptors (Lipinski definition) is 4. The fourth-order valence-electron chi connectivity index (χ4n) is 1.75. The number of aryl methyl sites for hydroxylation is 1. The maximum absolute atomic E-state index is 12.2. The third kappa shape index (κ3) is 4.71. The molecule has 0 radical (unpaired) electrons. The molecule has 0 saturated heterocycles. The monoisotopic (exact) mass is 314 g/mol. The summed E-state index contributed by atoms with van der Waals surface area (Å²) in [4.78, 5) is 0.168. The van der Waals surface area contributed by atoms with Crippen molar-refractivity contribution < 1.29 is 12.6 Å². The quantitative estimate of drug-likeness (QED) is 0.857. The van der Waals surface area contributed by atoms with Gasteiger partial charge < -0.3 is 0 Å². The van der Waals surface area contributed by atoms with Crippen LogP contribution in [0.3, 0.4) is 0 Å². The second-order valence-corrected chi connectivity index (χ2v) is 7.92. The standard InChI is InChI=1S/C13H18N2O3S2/c1-10-8-12(9-14)4-5-13(10)20(17,18)15-11(2)6-7-19(3)16/h4-5,8,11,15H,6-7H2,1-3H3. The minimum absolute atomic E-state index is 0.168. The SMILES string of the molecule is Cc1cc(C#N)ccc1S(=O)(=O)NC(C)CCS(C)=O. The van der Waals surface area contributed by atoms with E-state index in [-0.39, 0.29) is 10.9 Å². The largest absolute Gasteiger partial charge is 0.260 e. The average Bonchev–Trinajstić information content (AvgIpc) is 2.35. The summed E-state index contributed by atoms with van der Waals surface area (Å²) in [5, 5.41) is 8.78. The zero-order chi connectivity index (χ0) is 15.3. The van der Waals surface area contributed by atoms with Crippen LogP contribution < -0.4 is 4.72 Å². The molecule has 110 valence electrons. The predicted octanol–water partition coefficient (Wildman–Crippen LogP) is 1.30. The molecule has 0 amide bonds.